The summed E-state index contributed by atoms with van der Waals surface area (Å²) in [6, 6.07) is 5.63. The van der Waals surface area contributed by atoms with Crippen LogP contribution < -0.4 is 4.90 Å². The van der Waals surface area contributed by atoms with Crippen molar-refractivity contribution in [3.8, 4) is 11.3 Å². The van der Waals surface area contributed by atoms with Gasteiger partial charge in [-0.3, -0.25) is 24.5 Å². The molecule has 0 unspecified atom stereocenters. The second kappa shape index (κ2) is 8.52. The maximum atomic E-state index is 12.7. The molecule has 1 aliphatic heterocycles. The van der Waals surface area contributed by atoms with Crippen molar-refractivity contribution in [1.82, 2.24) is 24.7 Å². The first-order valence-electron chi connectivity index (χ1n) is 10.1. The number of anilines is 1. The molecule has 4 heterocycles. The van der Waals surface area contributed by atoms with E-state index in [0.29, 0.717) is 12.2 Å². The van der Waals surface area contributed by atoms with Crippen molar-refractivity contribution in [2.45, 2.75) is 46.1 Å². The minimum atomic E-state index is -0.0365. The van der Waals surface area contributed by atoms with Crippen LogP contribution in [0.25, 0.3) is 11.3 Å². The van der Waals surface area contributed by atoms with Crippen LogP contribution in [-0.4, -0.2) is 43.0 Å². The van der Waals surface area contributed by atoms with Gasteiger partial charge in [0.15, 0.2) is 0 Å². The quantitative estimate of drug-likeness (QED) is 0.627. The van der Waals surface area contributed by atoms with Crippen LogP contribution in [0.1, 0.15) is 36.3 Å². The lowest BCUT2D eigenvalue weighted by molar-refractivity contribution is -0.123. The van der Waals surface area contributed by atoms with Gasteiger partial charge in [0.2, 0.25) is 5.91 Å². The number of ketones is 1. The van der Waals surface area contributed by atoms with E-state index in [2.05, 4.69) is 20.1 Å². The van der Waals surface area contributed by atoms with Crippen molar-refractivity contribution in [3.63, 3.8) is 0 Å². The lowest BCUT2D eigenvalue weighted by Gasteiger charge is -2.27. The second-order valence-corrected chi connectivity index (χ2v) is 7.57. The minimum absolute atomic E-state index is 0.000597. The average molecular weight is 404 g/mol. The van der Waals surface area contributed by atoms with Crippen LogP contribution in [-0.2, 0) is 22.6 Å². The van der Waals surface area contributed by atoms with Crippen LogP contribution in [0.4, 0.5) is 5.82 Å². The van der Waals surface area contributed by atoms with E-state index in [4.69, 9.17) is 0 Å². The maximum Gasteiger partial charge on any atom is 0.228 e. The Balaban J connectivity index is 1.32. The summed E-state index contributed by atoms with van der Waals surface area (Å²) < 4.78 is 1.86. The fourth-order valence-electron chi connectivity index (χ4n) is 3.61. The van der Waals surface area contributed by atoms with Gasteiger partial charge in [-0.25, -0.2) is 9.67 Å². The van der Waals surface area contributed by atoms with Crippen molar-refractivity contribution < 1.29 is 9.59 Å². The van der Waals surface area contributed by atoms with Crippen molar-refractivity contribution in [3.05, 3.63) is 53.9 Å². The van der Waals surface area contributed by atoms with Crippen LogP contribution in [0.3, 0.4) is 0 Å². The Bertz CT molecular complexity index is 1070. The number of aryl methyl sites for hydroxylation is 3. The summed E-state index contributed by atoms with van der Waals surface area (Å²) in [6.07, 6.45) is 6.57. The fraction of sp³-hybridized carbons (Fsp3) is 0.364. The van der Waals surface area contributed by atoms with E-state index in [9.17, 15) is 9.59 Å². The molecule has 0 saturated carbocycles. The van der Waals surface area contributed by atoms with Crippen molar-refractivity contribution >= 4 is 17.5 Å². The Labute approximate surface area is 175 Å². The molecule has 4 rings (SSSR count). The van der Waals surface area contributed by atoms with Crippen LogP contribution in [0.5, 0.6) is 0 Å². The van der Waals surface area contributed by atoms with E-state index in [1.54, 1.807) is 23.5 Å². The van der Waals surface area contributed by atoms with Gasteiger partial charge in [0.1, 0.15) is 11.6 Å². The SMILES string of the molecule is Cc1cncc(-c2ccc(CC(=O)CCC(=O)N3CCCn4nc(C)cc43)nc2)n1. The largest absolute Gasteiger partial charge is 0.299 e. The number of rotatable bonds is 6. The number of pyridine rings is 1. The smallest absolute Gasteiger partial charge is 0.228 e. The number of nitrogens with zero attached hydrogens (tertiary/aromatic N) is 6. The molecular formula is C22H24N6O2. The highest BCUT2D eigenvalue weighted by Gasteiger charge is 2.24. The van der Waals surface area contributed by atoms with E-state index in [1.165, 1.54) is 0 Å². The summed E-state index contributed by atoms with van der Waals surface area (Å²) in [6.45, 7) is 5.29. The van der Waals surface area contributed by atoms with Gasteiger partial charge in [0.05, 0.1) is 23.3 Å². The molecule has 0 aliphatic carbocycles. The van der Waals surface area contributed by atoms with E-state index >= 15 is 0 Å². The molecule has 8 heteroatoms. The lowest BCUT2D eigenvalue weighted by atomic mass is 10.1. The highest BCUT2D eigenvalue weighted by Crippen LogP contribution is 2.23. The maximum absolute atomic E-state index is 12.7. The molecule has 0 saturated heterocycles. The molecule has 0 spiro atoms. The number of Topliss-reactive ketones (excluding diaryl/α,β-unsaturated/α-hetero) is 1. The number of fused-ring (bicyclic) bond motifs is 1. The van der Waals surface area contributed by atoms with E-state index in [0.717, 1.165) is 41.4 Å². The lowest BCUT2D eigenvalue weighted by Crippen LogP contribution is -2.37. The van der Waals surface area contributed by atoms with Crippen LogP contribution in [0, 0.1) is 13.8 Å². The first kappa shape index (κ1) is 19.9. The topological polar surface area (TPSA) is 93.9 Å². The number of amides is 1. The average Bonchev–Trinajstić information content (AvgIpc) is 3.12. The summed E-state index contributed by atoms with van der Waals surface area (Å²) in [5.74, 6) is 0.791. The Morgan fingerprint density at radius 2 is 1.90 bits per heavy atom. The Hall–Kier alpha value is -3.42. The van der Waals surface area contributed by atoms with Gasteiger partial charge in [-0.05, 0) is 32.4 Å². The number of carbonyl (C=O) groups excluding carboxylic acids is 2. The standard InChI is InChI=1S/C22H24N6O2/c1-15-10-21-27(8-3-9-28(21)26-15)22(30)7-6-19(29)11-18-5-4-17(13-24-18)20-14-23-12-16(2)25-20/h4-5,10,12-14H,3,6-9,11H2,1-2H3. The van der Waals surface area contributed by atoms with Gasteiger partial charge in [-0.1, -0.05) is 0 Å². The number of hydrogen-bond donors (Lipinski definition) is 0. The molecule has 3 aromatic rings. The van der Waals surface area contributed by atoms with Crippen LogP contribution in [0.15, 0.2) is 36.8 Å². The fourth-order valence-corrected chi connectivity index (χ4v) is 3.61. The first-order chi connectivity index (χ1) is 14.5. The Morgan fingerprint density at radius 1 is 1.03 bits per heavy atom. The van der Waals surface area contributed by atoms with Gasteiger partial charge in [0.25, 0.3) is 0 Å². The molecule has 1 amide bonds. The van der Waals surface area contributed by atoms with E-state index in [-0.39, 0.29) is 31.0 Å². The number of hydrogen-bond acceptors (Lipinski definition) is 6. The van der Waals surface area contributed by atoms with Gasteiger partial charge in [-0.15, -0.1) is 0 Å². The molecule has 0 radical (unpaired) electrons. The normalized spacial score (nSPS) is 13.2. The first-order valence-corrected chi connectivity index (χ1v) is 10.1. The summed E-state index contributed by atoms with van der Waals surface area (Å²) in [5, 5.41) is 4.41. The Kier molecular flexibility index (Phi) is 5.65. The number of carbonyl (C=O) groups is 2. The van der Waals surface area contributed by atoms with Gasteiger partial charge in [-0.2, -0.15) is 5.10 Å². The van der Waals surface area contributed by atoms with Crippen molar-refractivity contribution in [2.24, 2.45) is 0 Å². The van der Waals surface area contributed by atoms with Gasteiger partial charge in [0, 0.05) is 62.1 Å². The molecule has 30 heavy (non-hydrogen) atoms. The highest BCUT2D eigenvalue weighted by molar-refractivity contribution is 5.95. The third-order valence-electron chi connectivity index (χ3n) is 5.08. The zero-order valence-electron chi connectivity index (χ0n) is 17.2. The predicted octanol–water partition coefficient (Wildman–Crippen LogP) is 2.68. The zero-order chi connectivity index (χ0) is 21.1. The molecular weight excluding hydrogens is 380 g/mol. The van der Waals surface area contributed by atoms with Gasteiger partial charge < -0.3 is 0 Å². The monoisotopic (exact) mass is 404 g/mol. The molecule has 0 aromatic carbocycles. The van der Waals surface area contributed by atoms with E-state index in [1.807, 2.05) is 36.7 Å². The van der Waals surface area contributed by atoms with Crippen LogP contribution in [0.2, 0.25) is 0 Å². The molecule has 0 N–H and O–H groups in total. The summed E-state index contributed by atoms with van der Waals surface area (Å²) in [7, 11) is 0. The predicted molar refractivity (Wildman–Crippen MR) is 112 cm³/mol. The van der Waals surface area contributed by atoms with Crippen LogP contribution >= 0.6 is 0 Å². The molecule has 0 atom stereocenters. The van der Waals surface area contributed by atoms with E-state index < -0.39 is 0 Å². The summed E-state index contributed by atoms with van der Waals surface area (Å²) >= 11 is 0. The molecule has 0 fully saturated rings. The van der Waals surface area contributed by atoms with Gasteiger partial charge >= 0.3 is 0 Å². The minimum Gasteiger partial charge on any atom is -0.299 e. The zero-order valence-corrected chi connectivity index (χ0v) is 17.2. The third kappa shape index (κ3) is 4.42. The molecule has 0 bridgehead atoms. The van der Waals surface area contributed by atoms with Crippen molar-refractivity contribution in [1.29, 1.82) is 0 Å². The molecule has 154 valence electrons. The summed E-state index contributed by atoms with van der Waals surface area (Å²) in [4.78, 5) is 39.7. The molecule has 1 aliphatic rings. The summed E-state index contributed by atoms with van der Waals surface area (Å²) in [5.41, 5.74) is 4.02. The third-order valence-corrected chi connectivity index (χ3v) is 5.08. The number of aromatic nitrogens is 5. The highest BCUT2D eigenvalue weighted by atomic mass is 16.2. The molecule has 3 aromatic heterocycles. The molecule has 8 nitrogen and oxygen atoms in total. The van der Waals surface area contributed by atoms with Crippen molar-refractivity contribution in [2.75, 3.05) is 11.4 Å². The Morgan fingerprint density at radius 3 is 2.67 bits per heavy atom. The second-order valence-electron chi connectivity index (χ2n) is 7.57.